The van der Waals surface area contributed by atoms with Crippen molar-refractivity contribution in [2.45, 2.75) is 6.92 Å². The average Bonchev–Trinajstić information content (AvgIpc) is 1.61. The third-order valence-corrected chi connectivity index (χ3v) is 0.390. The quantitative estimate of drug-likeness (QED) is 0.226. The summed E-state index contributed by atoms with van der Waals surface area (Å²) in [7, 11) is 0. The summed E-state index contributed by atoms with van der Waals surface area (Å²) < 4.78 is 4.61. The van der Waals surface area contributed by atoms with Crippen LogP contribution >= 0.6 is 0 Å². The summed E-state index contributed by atoms with van der Waals surface area (Å²) in [4.78, 5) is 9.44. The van der Waals surface area contributed by atoms with Gasteiger partial charge in [-0.25, -0.2) is 0 Å². The maximum atomic E-state index is 9.44. The summed E-state index contributed by atoms with van der Waals surface area (Å²) in [5.41, 5.74) is 0. The number of rotatable bonds is 3. The van der Waals surface area contributed by atoms with Gasteiger partial charge < -0.3 is 11.0 Å². The maximum Gasteiger partial charge on any atom is 1.00 e. The van der Waals surface area contributed by atoms with Gasteiger partial charge in [0.1, 0.15) is 12.9 Å². The van der Waals surface area contributed by atoms with Gasteiger partial charge in [0.25, 0.3) is 0 Å². The molecule has 0 aromatic rings. The van der Waals surface area contributed by atoms with Gasteiger partial charge in [0.05, 0.1) is 0 Å². The Kier molecular flexibility index (Phi) is 14.8. The zero-order chi connectivity index (χ0) is 4.83. The van der Waals surface area contributed by atoms with Crippen LogP contribution in [0.2, 0.25) is 0 Å². The second-order valence-electron chi connectivity index (χ2n) is 0.826. The van der Waals surface area contributed by atoms with Gasteiger partial charge in [-0.15, -0.1) is 0 Å². The van der Waals surface area contributed by atoms with Gasteiger partial charge in [-0.1, -0.05) is 0 Å². The molecule has 2 nitrogen and oxygen atoms in total. The van der Waals surface area contributed by atoms with Crippen molar-refractivity contribution in [3.63, 3.8) is 0 Å². The van der Waals surface area contributed by atoms with E-state index in [1.165, 1.54) is 0 Å². The van der Waals surface area contributed by atoms with Crippen LogP contribution in [0.5, 0.6) is 0 Å². The number of hydrogen-bond donors (Lipinski definition) is 0. The van der Waals surface area contributed by atoms with Crippen molar-refractivity contribution in [1.29, 1.82) is 0 Å². The summed E-state index contributed by atoms with van der Waals surface area (Å²) in [5, 5.41) is 0. The summed E-state index contributed by atoms with van der Waals surface area (Å²) in [6.07, 6.45) is 0.740. The standard InChI is InChI=1S/C4H8O2.Na.H/c1-2-6-4-3-5;;/h3H,2,4H2,1H3;;/q;+1;-1. The van der Waals surface area contributed by atoms with Crippen LogP contribution in [0.25, 0.3) is 0 Å². The molecule has 0 N–H and O–H groups in total. The molecule has 0 heterocycles. The van der Waals surface area contributed by atoms with Crippen molar-refractivity contribution in [2.24, 2.45) is 0 Å². The Balaban J connectivity index is -0.000000125. The van der Waals surface area contributed by atoms with E-state index in [1.54, 1.807) is 0 Å². The van der Waals surface area contributed by atoms with Crippen LogP contribution in [-0.4, -0.2) is 19.5 Å². The Morgan fingerprint density at radius 2 is 2.43 bits per heavy atom. The average molecular weight is 112 g/mol. The number of aldehydes is 1. The van der Waals surface area contributed by atoms with Crippen LogP contribution in [0.1, 0.15) is 8.35 Å². The second kappa shape index (κ2) is 9.80. The first-order chi connectivity index (χ1) is 2.91. The van der Waals surface area contributed by atoms with E-state index in [0.29, 0.717) is 6.61 Å². The molecule has 0 aromatic heterocycles. The summed E-state index contributed by atoms with van der Waals surface area (Å²) in [6.45, 7) is 2.71. The van der Waals surface area contributed by atoms with Crippen molar-refractivity contribution in [2.75, 3.05) is 13.2 Å². The molecule has 0 bridgehead atoms. The fraction of sp³-hybridized carbons (Fsp3) is 0.750. The molecule has 7 heavy (non-hydrogen) atoms. The van der Waals surface area contributed by atoms with Gasteiger partial charge in [0.2, 0.25) is 0 Å². The van der Waals surface area contributed by atoms with Crippen molar-refractivity contribution >= 4 is 6.29 Å². The molecule has 38 valence electrons. The van der Waals surface area contributed by atoms with Crippen LogP contribution in [0.4, 0.5) is 0 Å². The van der Waals surface area contributed by atoms with Gasteiger partial charge in [0, 0.05) is 6.61 Å². The van der Waals surface area contributed by atoms with Crippen LogP contribution in [-0.2, 0) is 9.53 Å². The molecule has 0 saturated heterocycles. The largest absolute Gasteiger partial charge is 1.00 e. The molecular formula is C4H9NaO2. The van der Waals surface area contributed by atoms with E-state index in [1.807, 2.05) is 6.92 Å². The smallest absolute Gasteiger partial charge is 1.00 e. The minimum Gasteiger partial charge on any atom is -1.00 e. The van der Waals surface area contributed by atoms with E-state index < -0.39 is 0 Å². The molecule has 0 aliphatic carbocycles. The first-order valence-corrected chi connectivity index (χ1v) is 1.93. The minimum absolute atomic E-state index is 0. The molecule has 0 spiro atoms. The van der Waals surface area contributed by atoms with Gasteiger partial charge in [-0.2, -0.15) is 0 Å². The predicted octanol–water partition coefficient (Wildman–Crippen LogP) is -2.66. The van der Waals surface area contributed by atoms with E-state index in [0.717, 1.165) is 6.29 Å². The summed E-state index contributed by atoms with van der Waals surface area (Å²) >= 11 is 0. The van der Waals surface area contributed by atoms with Crippen LogP contribution in [0, 0.1) is 0 Å². The zero-order valence-electron chi connectivity index (χ0n) is 5.81. The van der Waals surface area contributed by atoms with Gasteiger partial charge in [0.15, 0.2) is 0 Å². The first kappa shape index (κ1) is 10.6. The maximum absolute atomic E-state index is 9.44. The zero-order valence-corrected chi connectivity index (χ0v) is 6.81. The Bertz CT molecular complexity index is 43.0. The molecule has 0 saturated carbocycles. The van der Waals surface area contributed by atoms with Crippen LogP contribution in [0.3, 0.4) is 0 Å². The van der Waals surface area contributed by atoms with E-state index >= 15 is 0 Å². The molecule has 0 aliphatic heterocycles. The summed E-state index contributed by atoms with van der Waals surface area (Å²) in [5.74, 6) is 0. The third kappa shape index (κ3) is 10.8. The molecule has 0 radical (unpaired) electrons. The van der Waals surface area contributed by atoms with Gasteiger partial charge >= 0.3 is 29.6 Å². The van der Waals surface area contributed by atoms with Gasteiger partial charge in [-0.3, -0.25) is 0 Å². The number of hydrogen-bond acceptors (Lipinski definition) is 2. The normalized spacial score (nSPS) is 7.00. The molecule has 0 unspecified atom stereocenters. The fourth-order valence-corrected chi connectivity index (χ4v) is 0.166. The molecule has 3 heteroatoms. The van der Waals surface area contributed by atoms with E-state index in [-0.39, 0.29) is 37.6 Å². The van der Waals surface area contributed by atoms with Crippen LogP contribution in [0.15, 0.2) is 0 Å². The Hall–Kier alpha value is 0.630. The molecule has 0 fully saturated rings. The first-order valence-electron chi connectivity index (χ1n) is 1.93. The molecule has 0 amide bonds. The SMILES string of the molecule is CCOCC=O.[H-].[Na+]. The molecule has 0 atom stereocenters. The molecule has 0 aromatic carbocycles. The minimum atomic E-state index is 0. The monoisotopic (exact) mass is 112 g/mol. The summed E-state index contributed by atoms with van der Waals surface area (Å²) in [6, 6.07) is 0. The fourth-order valence-electron chi connectivity index (χ4n) is 0.166. The Labute approximate surface area is 67.0 Å². The van der Waals surface area contributed by atoms with Crippen molar-refractivity contribution in [3.05, 3.63) is 0 Å². The van der Waals surface area contributed by atoms with Crippen molar-refractivity contribution in [3.8, 4) is 0 Å². The van der Waals surface area contributed by atoms with Crippen molar-refractivity contribution in [1.82, 2.24) is 0 Å². The number of carbonyl (C=O) groups is 1. The second-order valence-corrected chi connectivity index (χ2v) is 0.826. The van der Waals surface area contributed by atoms with E-state index in [2.05, 4.69) is 4.74 Å². The predicted molar refractivity (Wildman–Crippen MR) is 23.7 cm³/mol. The topological polar surface area (TPSA) is 26.3 Å². The third-order valence-electron chi connectivity index (χ3n) is 0.390. The van der Waals surface area contributed by atoms with E-state index in [4.69, 9.17) is 0 Å². The molecular weight excluding hydrogens is 103 g/mol. The number of ether oxygens (including phenoxy) is 1. The molecule has 0 aliphatic rings. The molecule has 0 rings (SSSR count). The van der Waals surface area contributed by atoms with Crippen LogP contribution < -0.4 is 29.6 Å². The number of carbonyl (C=O) groups excluding carboxylic acids is 1. The van der Waals surface area contributed by atoms with Gasteiger partial charge in [-0.05, 0) is 6.92 Å². The Morgan fingerprint density at radius 1 is 1.86 bits per heavy atom. The van der Waals surface area contributed by atoms with E-state index in [9.17, 15) is 4.79 Å². The Morgan fingerprint density at radius 3 is 2.57 bits per heavy atom. The van der Waals surface area contributed by atoms with Crippen molar-refractivity contribution < 1.29 is 40.5 Å².